The molecule has 0 amide bonds. The molecule has 1 unspecified atom stereocenters. The van der Waals surface area contributed by atoms with Gasteiger partial charge in [-0.15, -0.1) is 11.3 Å². The number of nitrogens with zero attached hydrogens (tertiary/aromatic N) is 3. The summed E-state index contributed by atoms with van der Waals surface area (Å²) in [6.45, 7) is 0.723. The van der Waals surface area contributed by atoms with Crippen LogP contribution in [0.4, 0.5) is 0 Å². The summed E-state index contributed by atoms with van der Waals surface area (Å²) < 4.78 is 0. The van der Waals surface area contributed by atoms with Crippen molar-refractivity contribution in [2.24, 2.45) is 0 Å². The van der Waals surface area contributed by atoms with Crippen LogP contribution in [0.2, 0.25) is 0 Å². The van der Waals surface area contributed by atoms with E-state index in [1.165, 1.54) is 0 Å². The van der Waals surface area contributed by atoms with E-state index in [9.17, 15) is 4.79 Å². The third-order valence-corrected chi connectivity index (χ3v) is 6.10. The van der Waals surface area contributed by atoms with Gasteiger partial charge in [0.15, 0.2) is 0 Å². The smallest absolute Gasteiger partial charge is 0.290 e. The number of thiazole rings is 1. The number of Topliss-reactive ketones (excluding diaryl/α,β-unsaturated/α-hetero) is 1. The number of hydrogen-bond donors (Lipinski definition) is 3. The van der Waals surface area contributed by atoms with Crippen LogP contribution in [-0.4, -0.2) is 69.2 Å². The lowest BCUT2D eigenvalue weighted by molar-refractivity contribution is -0.122. The van der Waals surface area contributed by atoms with Crippen LogP contribution < -0.4 is 5.32 Å². The summed E-state index contributed by atoms with van der Waals surface area (Å²) in [6, 6.07) is 6.57. The molecule has 27 heavy (non-hydrogen) atoms. The lowest BCUT2D eigenvalue weighted by Gasteiger charge is -2.30. The van der Waals surface area contributed by atoms with E-state index in [0.29, 0.717) is 11.7 Å². The van der Waals surface area contributed by atoms with Crippen molar-refractivity contribution in [2.75, 3.05) is 13.6 Å². The second-order valence-corrected chi connectivity index (χ2v) is 7.55. The maximum absolute atomic E-state index is 13.1. The van der Waals surface area contributed by atoms with Gasteiger partial charge in [-0.05, 0) is 31.7 Å². The Morgan fingerprint density at radius 3 is 2.93 bits per heavy atom. The summed E-state index contributed by atoms with van der Waals surface area (Å²) in [6.07, 6.45) is 2.83. The van der Waals surface area contributed by atoms with Crippen LogP contribution in [0.25, 0.3) is 21.5 Å². The third-order valence-electron chi connectivity index (χ3n) is 5.28. The first-order valence-electron chi connectivity index (χ1n) is 8.59. The van der Waals surface area contributed by atoms with Gasteiger partial charge in [-0.25, -0.2) is 4.98 Å². The highest BCUT2D eigenvalue weighted by molar-refractivity contribution is 7.13. The number of nitrogens with one attached hydrogen (secondary N) is 2. The number of H-pyrrole nitrogens is 1. The Hall–Kier alpha value is -2.62. The minimum Gasteiger partial charge on any atom is -0.483 e. The molecule has 0 radical (unpaired) electrons. The average molecular weight is 385 g/mol. The number of aromatic nitrogens is 3. The Balaban J connectivity index is 0.000000565. The Morgan fingerprint density at radius 2 is 2.26 bits per heavy atom. The number of rotatable bonds is 3. The minimum absolute atomic E-state index is 0.0970. The van der Waals surface area contributed by atoms with E-state index in [2.05, 4.69) is 25.4 Å². The number of benzene rings is 1. The molecule has 9 heteroatoms. The first kappa shape index (κ1) is 17.8. The van der Waals surface area contributed by atoms with Gasteiger partial charge < -0.3 is 10.4 Å². The molecule has 140 valence electrons. The quantitative estimate of drug-likeness (QED) is 0.464. The van der Waals surface area contributed by atoms with E-state index >= 15 is 0 Å². The lowest BCUT2D eigenvalue weighted by atomic mass is 10.00. The zero-order valence-electron chi connectivity index (χ0n) is 14.6. The van der Waals surface area contributed by atoms with Crippen molar-refractivity contribution in [1.82, 2.24) is 25.4 Å². The van der Waals surface area contributed by atoms with Gasteiger partial charge in [-0.1, -0.05) is 0 Å². The van der Waals surface area contributed by atoms with Crippen molar-refractivity contribution in [3.8, 4) is 10.6 Å². The lowest BCUT2D eigenvalue weighted by Crippen LogP contribution is -2.53. The molecule has 0 saturated carbocycles. The Bertz CT molecular complexity index is 969. The van der Waals surface area contributed by atoms with Crippen LogP contribution in [0.1, 0.15) is 16.9 Å². The number of likely N-dealkylation sites (N-methyl/N-ethyl adjacent to an activating group) is 1. The van der Waals surface area contributed by atoms with E-state index in [-0.39, 0.29) is 24.3 Å². The fraction of sp³-hybridized carbons (Fsp3) is 0.333. The number of carbonyl (C=O) groups is 2. The molecule has 0 spiro atoms. The Kier molecular flexibility index (Phi) is 4.73. The van der Waals surface area contributed by atoms with Crippen LogP contribution in [0.5, 0.6) is 0 Å². The average Bonchev–Trinajstić information content (AvgIpc) is 3.44. The Morgan fingerprint density at radius 1 is 1.44 bits per heavy atom. The number of aromatic amines is 1. The topological polar surface area (TPSA) is 111 Å². The highest BCUT2D eigenvalue weighted by Crippen LogP contribution is 2.32. The van der Waals surface area contributed by atoms with Gasteiger partial charge in [-0.3, -0.25) is 19.6 Å². The van der Waals surface area contributed by atoms with Crippen molar-refractivity contribution in [3.05, 3.63) is 35.5 Å². The van der Waals surface area contributed by atoms with Gasteiger partial charge in [0.2, 0.25) is 5.78 Å². The first-order valence-corrected chi connectivity index (χ1v) is 9.47. The van der Waals surface area contributed by atoms with Gasteiger partial charge >= 0.3 is 0 Å². The standard InChI is InChI=1S/C17H17N5OS.CH2O2/c1-22-10-7-13(19-8-10)15(22)16(23)14-11-6-9(17-18-4-5-24-17)2-3-12(11)20-21-14;2-1-3/h2-6,10,13,15,19H,7-8H2,1H3,(H,20,21);1H,(H,2,3)/t10-,13+,15?;/m0./s1. The molecule has 5 rings (SSSR count). The summed E-state index contributed by atoms with van der Waals surface area (Å²) in [5, 5.41) is 21.5. The number of hydrogen-bond acceptors (Lipinski definition) is 7. The predicted molar refractivity (Wildman–Crippen MR) is 102 cm³/mol. The summed E-state index contributed by atoms with van der Waals surface area (Å²) in [4.78, 5) is 28.1. The third kappa shape index (κ3) is 3.03. The Labute approximate surface area is 159 Å². The molecule has 3 N–H and O–H groups in total. The zero-order chi connectivity index (χ0) is 19.0. The summed E-state index contributed by atoms with van der Waals surface area (Å²) in [5.74, 6) is 0.0970. The molecular formula is C18H19N5O3S. The molecule has 4 heterocycles. The molecule has 8 nitrogen and oxygen atoms in total. The predicted octanol–water partition coefficient (Wildman–Crippen LogP) is 1.61. The molecule has 2 aliphatic rings. The van der Waals surface area contributed by atoms with Crippen molar-refractivity contribution < 1.29 is 14.7 Å². The van der Waals surface area contributed by atoms with Crippen molar-refractivity contribution >= 4 is 34.5 Å². The molecule has 0 aliphatic carbocycles. The maximum Gasteiger partial charge on any atom is 0.290 e. The van der Waals surface area contributed by atoms with Gasteiger partial charge in [0, 0.05) is 41.2 Å². The van der Waals surface area contributed by atoms with Gasteiger partial charge in [-0.2, -0.15) is 5.10 Å². The highest BCUT2D eigenvalue weighted by atomic mass is 32.1. The van der Waals surface area contributed by atoms with Gasteiger partial charge in [0.1, 0.15) is 10.7 Å². The highest BCUT2D eigenvalue weighted by Gasteiger charge is 2.48. The van der Waals surface area contributed by atoms with Crippen LogP contribution in [0.15, 0.2) is 29.8 Å². The normalized spacial score (nSPS) is 24.0. The molecule has 3 atom stereocenters. The second-order valence-electron chi connectivity index (χ2n) is 6.65. The van der Waals surface area contributed by atoms with Crippen LogP contribution in [0, 0.1) is 0 Å². The molecule has 2 aromatic heterocycles. The summed E-state index contributed by atoms with van der Waals surface area (Å²) in [5.41, 5.74) is 2.44. The largest absolute Gasteiger partial charge is 0.483 e. The molecule has 3 aromatic rings. The number of fused-ring (bicyclic) bond motifs is 3. The minimum atomic E-state index is -0.250. The van der Waals surface area contributed by atoms with Gasteiger partial charge in [0.25, 0.3) is 6.47 Å². The molecule has 2 fully saturated rings. The van der Waals surface area contributed by atoms with Crippen LogP contribution in [0.3, 0.4) is 0 Å². The zero-order valence-corrected chi connectivity index (χ0v) is 15.4. The van der Waals surface area contributed by atoms with Crippen LogP contribution in [-0.2, 0) is 4.79 Å². The first-order chi connectivity index (χ1) is 13.1. The number of piperazine rings is 1. The molecular weight excluding hydrogens is 366 g/mol. The van der Waals surface area contributed by atoms with Crippen molar-refractivity contribution in [2.45, 2.75) is 24.5 Å². The second kappa shape index (κ2) is 7.18. The van der Waals surface area contributed by atoms with Crippen molar-refractivity contribution in [1.29, 1.82) is 0 Å². The van der Waals surface area contributed by atoms with Crippen molar-refractivity contribution in [3.63, 3.8) is 0 Å². The van der Waals surface area contributed by atoms with E-state index in [1.807, 2.05) is 30.6 Å². The van der Waals surface area contributed by atoms with E-state index in [4.69, 9.17) is 9.90 Å². The van der Waals surface area contributed by atoms with E-state index < -0.39 is 0 Å². The fourth-order valence-electron chi connectivity index (χ4n) is 4.02. The number of carboxylic acid groups (broad SMARTS) is 1. The molecule has 1 aromatic carbocycles. The fourth-order valence-corrected chi connectivity index (χ4v) is 4.65. The summed E-state index contributed by atoms with van der Waals surface area (Å²) in [7, 11) is 2.05. The monoisotopic (exact) mass is 385 g/mol. The van der Waals surface area contributed by atoms with E-state index in [1.54, 1.807) is 17.5 Å². The van der Waals surface area contributed by atoms with Gasteiger partial charge in [0.05, 0.1) is 11.6 Å². The molecule has 2 bridgehead atoms. The maximum atomic E-state index is 13.1. The number of carbonyl (C=O) groups excluding carboxylic acids is 1. The number of ketones is 1. The summed E-state index contributed by atoms with van der Waals surface area (Å²) >= 11 is 1.59. The molecule has 2 saturated heterocycles. The molecule has 2 aliphatic heterocycles. The number of likely N-dealkylation sites (tertiary alicyclic amines) is 1. The van der Waals surface area contributed by atoms with Crippen LogP contribution >= 0.6 is 11.3 Å². The SMILES string of the molecule is CN1C(C(=O)c2n[nH]c3ccc(-c4nccs4)cc23)[C@H]2C[C@H]1CN2.O=CO. The van der Waals surface area contributed by atoms with E-state index in [0.717, 1.165) is 34.4 Å².